The molecule has 4 unspecified atom stereocenters. The Morgan fingerprint density at radius 2 is 1.53 bits per heavy atom. The lowest BCUT2D eigenvalue weighted by molar-refractivity contribution is -0.357. The average Bonchev–Trinajstić information content (AvgIpc) is 3.21. The van der Waals surface area contributed by atoms with Crippen LogP contribution in [0.3, 0.4) is 0 Å². The van der Waals surface area contributed by atoms with Crippen LogP contribution in [0.2, 0.25) is 0 Å². The highest BCUT2D eigenvalue weighted by atomic mass is 35.5. The molecule has 0 radical (unpaired) electrons. The lowest BCUT2D eigenvalue weighted by Crippen LogP contribution is -2.61. The molecule has 2 heterocycles. The molecule has 0 saturated carbocycles. The number of aliphatic hydroxyl groups is 9. The van der Waals surface area contributed by atoms with E-state index in [1.54, 1.807) is 0 Å². The highest BCUT2D eigenvalue weighted by Gasteiger charge is 2.59. The van der Waals surface area contributed by atoms with Gasteiger partial charge in [0, 0.05) is 6.42 Å². The van der Waals surface area contributed by atoms with Gasteiger partial charge in [-0.15, -0.1) is 34.8 Å². The zero-order valence-corrected chi connectivity index (χ0v) is 24.9. The van der Waals surface area contributed by atoms with E-state index in [-0.39, 0.29) is 12.3 Å². The number of carbonyl (C=O) groups is 2. The Labute approximate surface area is 260 Å². The number of carboxylic acid groups (broad SMARTS) is 2. The molecular formula is C24H39Cl3O16. The largest absolute Gasteiger partial charge is 0.481 e. The van der Waals surface area contributed by atoms with Crippen LogP contribution in [0.25, 0.3) is 0 Å². The van der Waals surface area contributed by atoms with Crippen LogP contribution in [0, 0.1) is 5.41 Å². The third-order valence-electron chi connectivity index (χ3n) is 7.80. The summed E-state index contributed by atoms with van der Waals surface area (Å²) < 4.78 is 16.9. The predicted molar refractivity (Wildman–Crippen MR) is 144 cm³/mol. The van der Waals surface area contributed by atoms with Crippen molar-refractivity contribution >= 4 is 46.7 Å². The number of hydrogen-bond donors (Lipinski definition) is 11. The molecular weight excluding hydrogens is 651 g/mol. The van der Waals surface area contributed by atoms with Gasteiger partial charge in [0.05, 0.1) is 41.4 Å². The van der Waals surface area contributed by atoms with E-state index in [4.69, 9.17) is 59.2 Å². The normalized spacial score (nSPS) is 37.3. The molecule has 0 bridgehead atoms. The standard InChI is InChI=1S/C24H39Cl3O16/c25-6-12-17(35)20(38)24(8-26,42-12)43-21-19(37)18(36)14(27)11(41-21)5-23(22(39)40,3-1-2-13(31)32)4-9(29)15(33)16(34)10(30)7-28/h9-12,14-21,28-30,33-38H,1-8H2,(H,31,32)(H,39,40)/t9-,10?,11-,12+,14+,15-,16-,17?,18+,19-,20?,21-,23?,24+/m1/s1. The summed E-state index contributed by atoms with van der Waals surface area (Å²) in [5.41, 5.74) is -2.16. The average molecular weight is 690 g/mol. The summed E-state index contributed by atoms with van der Waals surface area (Å²) in [5, 5.41) is 110. The molecule has 16 nitrogen and oxygen atoms in total. The van der Waals surface area contributed by atoms with E-state index in [0.717, 1.165) is 0 Å². The van der Waals surface area contributed by atoms with Gasteiger partial charge in [-0.25, -0.2) is 0 Å². The fourth-order valence-electron chi connectivity index (χ4n) is 5.19. The van der Waals surface area contributed by atoms with Gasteiger partial charge in [0.1, 0.15) is 48.8 Å². The van der Waals surface area contributed by atoms with Crippen molar-refractivity contribution in [2.75, 3.05) is 18.4 Å². The van der Waals surface area contributed by atoms with Gasteiger partial charge in [-0.05, 0) is 25.7 Å². The van der Waals surface area contributed by atoms with Crippen molar-refractivity contribution in [3.05, 3.63) is 0 Å². The molecule has 0 aliphatic carbocycles. The van der Waals surface area contributed by atoms with E-state index >= 15 is 0 Å². The van der Waals surface area contributed by atoms with Crippen molar-refractivity contribution in [3.63, 3.8) is 0 Å². The molecule has 43 heavy (non-hydrogen) atoms. The summed E-state index contributed by atoms with van der Waals surface area (Å²) in [6, 6.07) is 0. The van der Waals surface area contributed by atoms with Crippen LogP contribution in [0.1, 0.15) is 32.1 Å². The number of aliphatic hydroxyl groups excluding tert-OH is 9. The second-order valence-electron chi connectivity index (χ2n) is 10.8. The van der Waals surface area contributed by atoms with Gasteiger partial charge in [-0.1, -0.05) is 0 Å². The highest BCUT2D eigenvalue weighted by molar-refractivity contribution is 6.21. The fourth-order valence-corrected chi connectivity index (χ4v) is 6.02. The number of alkyl halides is 3. The van der Waals surface area contributed by atoms with Crippen LogP contribution >= 0.6 is 34.8 Å². The smallest absolute Gasteiger partial charge is 0.309 e. The number of carboxylic acids is 2. The molecule has 0 aromatic carbocycles. The quantitative estimate of drug-likeness (QED) is 0.0674. The Bertz CT molecular complexity index is 920. The number of halogens is 3. The molecule has 0 aromatic heterocycles. The van der Waals surface area contributed by atoms with Crippen molar-refractivity contribution in [3.8, 4) is 0 Å². The Balaban J connectivity index is 2.41. The van der Waals surface area contributed by atoms with E-state index in [2.05, 4.69) is 0 Å². The van der Waals surface area contributed by atoms with E-state index in [1.165, 1.54) is 0 Å². The minimum Gasteiger partial charge on any atom is -0.481 e. The first-order valence-corrected chi connectivity index (χ1v) is 14.8. The monoisotopic (exact) mass is 688 g/mol. The maximum absolute atomic E-state index is 12.7. The van der Waals surface area contributed by atoms with E-state index < -0.39 is 134 Å². The summed E-state index contributed by atoms with van der Waals surface area (Å²) in [5.74, 6) is -6.01. The lowest BCUT2D eigenvalue weighted by Gasteiger charge is -2.46. The first-order valence-electron chi connectivity index (χ1n) is 13.3. The minimum atomic E-state index is -2.20. The maximum atomic E-state index is 12.7. The predicted octanol–water partition coefficient (Wildman–Crippen LogP) is -3.11. The number of ether oxygens (including phenoxy) is 3. The van der Waals surface area contributed by atoms with Crippen molar-refractivity contribution in [1.29, 1.82) is 0 Å². The Morgan fingerprint density at radius 1 is 0.930 bits per heavy atom. The zero-order chi connectivity index (χ0) is 32.9. The molecule has 0 aromatic rings. The summed E-state index contributed by atoms with van der Waals surface area (Å²) in [6.07, 6.45) is -22.7. The molecule has 2 aliphatic heterocycles. The maximum Gasteiger partial charge on any atom is 0.309 e. The number of rotatable bonds is 17. The fraction of sp³-hybridized carbons (Fsp3) is 0.917. The van der Waals surface area contributed by atoms with E-state index in [9.17, 15) is 55.5 Å². The molecule has 19 heteroatoms. The highest BCUT2D eigenvalue weighted by Crippen LogP contribution is 2.43. The Hall–Kier alpha value is -0.670. The van der Waals surface area contributed by atoms with Crippen molar-refractivity contribution in [1.82, 2.24) is 0 Å². The molecule has 2 rings (SSSR count). The van der Waals surface area contributed by atoms with Gasteiger partial charge in [0.15, 0.2) is 6.29 Å². The van der Waals surface area contributed by atoms with Gasteiger partial charge in [0.25, 0.3) is 0 Å². The second-order valence-corrected chi connectivity index (χ2v) is 11.9. The van der Waals surface area contributed by atoms with Crippen LogP contribution in [0.4, 0.5) is 0 Å². The topological polar surface area (TPSA) is 284 Å². The van der Waals surface area contributed by atoms with E-state index in [1.807, 2.05) is 0 Å². The van der Waals surface area contributed by atoms with Crippen LogP contribution in [0.15, 0.2) is 0 Å². The van der Waals surface area contributed by atoms with Crippen LogP contribution in [0.5, 0.6) is 0 Å². The second kappa shape index (κ2) is 16.2. The van der Waals surface area contributed by atoms with Crippen LogP contribution in [-0.4, -0.2) is 165 Å². The third kappa shape index (κ3) is 8.78. The minimum absolute atomic E-state index is 0.260. The summed E-state index contributed by atoms with van der Waals surface area (Å²) in [6.45, 7) is -0.996. The van der Waals surface area contributed by atoms with Gasteiger partial charge in [0.2, 0.25) is 5.79 Å². The summed E-state index contributed by atoms with van der Waals surface area (Å²) in [7, 11) is 0. The van der Waals surface area contributed by atoms with Crippen LogP contribution < -0.4 is 0 Å². The van der Waals surface area contributed by atoms with Gasteiger partial charge >= 0.3 is 11.9 Å². The number of aliphatic carboxylic acids is 2. The third-order valence-corrected chi connectivity index (χ3v) is 9.01. The van der Waals surface area contributed by atoms with Gasteiger partial charge in [-0.3, -0.25) is 9.59 Å². The lowest BCUT2D eigenvalue weighted by atomic mass is 9.71. The first-order chi connectivity index (χ1) is 20.0. The van der Waals surface area contributed by atoms with Gasteiger partial charge in [-0.2, -0.15) is 0 Å². The molecule has 2 saturated heterocycles. The first kappa shape index (κ1) is 38.5. The van der Waals surface area contributed by atoms with E-state index in [0.29, 0.717) is 0 Å². The van der Waals surface area contributed by atoms with Crippen LogP contribution in [-0.2, 0) is 23.8 Å². The van der Waals surface area contributed by atoms with Crippen molar-refractivity contribution < 1.29 is 80.0 Å². The molecule has 2 aliphatic rings. The molecule has 0 amide bonds. The zero-order valence-electron chi connectivity index (χ0n) is 22.7. The summed E-state index contributed by atoms with van der Waals surface area (Å²) in [4.78, 5) is 23.9. The molecule has 252 valence electrons. The number of hydrogen-bond acceptors (Lipinski definition) is 14. The van der Waals surface area contributed by atoms with Gasteiger partial charge < -0.3 is 70.4 Å². The Kier molecular flexibility index (Phi) is 14.5. The molecule has 14 atom stereocenters. The molecule has 2 fully saturated rings. The van der Waals surface area contributed by atoms with Crippen molar-refractivity contribution in [2.24, 2.45) is 5.41 Å². The van der Waals surface area contributed by atoms with Crippen molar-refractivity contribution in [2.45, 2.75) is 111 Å². The molecule has 0 spiro atoms. The SMILES string of the molecule is O=C(O)CCCC(C[C@@H](O)[C@@H](O)[C@H](O)C(O)CO)(C[C@H]1O[C@H](O[C@]2(CCl)O[C@@H](CCl)C(O)C2O)[C@H](O)[C@@H](O)[C@H]1Cl)C(=O)O. The Morgan fingerprint density at radius 3 is 2.02 bits per heavy atom. The molecule has 11 N–H and O–H groups in total. The summed E-state index contributed by atoms with van der Waals surface area (Å²) >= 11 is 18.1.